The summed E-state index contributed by atoms with van der Waals surface area (Å²) in [6.45, 7) is 12.1. The number of hydrogen-bond donors (Lipinski definition) is 2. The Labute approximate surface area is 143 Å². The van der Waals surface area contributed by atoms with Crippen LogP contribution in [0.15, 0.2) is 24.3 Å². The Hall–Kier alpha value is -0.900. The van der Waals surface area contributed by atoms with Crippen molar-refractivity contribution in [3.8, 4) is 0 Å². The first-order valence-corrected chi connectivity index (χ1v) is 9.47. The highest BCUT2D eigenvalue weighted by Crippen LogP contribution is 2.12. The van der Waals surface area contributed by atoms with Crippen LogP contribution in [0.3, 0.4) is 0 Å². The monoisotopic (exact) mass is 319 g/mol. The van der Waals surface area contributed by atoms with E-state index in [1.54, 1.807) is 0 Å². The number of nitrogens with one attached hydrogen (secondary N) is 1. The second-order valence-corrected chi connectivity index (χ2v) is 6.44. The molecule has 0 aliphatic heterocycles. The van der Waals surface area contributed by atoms with E-state index in [2.05, 4.69) is 55.3 Å². The summed E-state index contributed by atoms with van der Waals surface area (Å²) in [4.78, 5) is 2.69. The third kappa shape index (κ3) is 7.96. The van der Waals surface area contributed by atoms with E-state index in [9.17, 15) is 0 Å². The van der Waals surface area contributed by atoms with E-state index in [1.165, 1.54) is 56.3 Å². The summed E-state index contributed by atoms with van der Waals surface area (Å²) in [6, 6.07) is 9.35. The van der Waals surface area contributed by atoms with Gasteiger partial charge in [-0.3, -0.25) is 0 Å². The average Bonchev–Trinajstić information content (AvgIpc) is 2.58. The van der Waals surface area contributed by atoms with Gasteiger partial charge in [-0.1, -0.05) is 45.0 Å². The number of benzene rings is 1. The van der Waals surface area contributed by atoms with Crippen molar-refractivity contribution < 1.29 is 0 Å². The molecule has 3 heteroatoms. The minimum Gasteiger partial charge on any atom is -0.326 e. The maximum Gasteiger partial charge on any atom is 0.0205 e. The molecule has 132 valence electrons. The molecule has 0 saturated heterocycles. The zero-order valence-electron chi connectivity index (χ0n) is 15.5. The Morgan fingerprint density at radius 3 is 2.13 bits per heavy atom. The van der Waals surface area contributed by atoms with E-state index < -0.39 is 0 Å². The van der Waals surface area contributed by atoms with E-state index >= 15 is 0 Å². The van der Waals surface area contributed by atoms with E-state index in [1.807, 2.05) is 0 Å². The summed E-state index contributed by atoms with van der Waals surface area (Å²) in [5.41, 5.74) is 8.17. The van der Waals surface area contributed by atoms with Crippen molar-refractivity contribution in [2.45, 2.75) is 72.0 Å². The predicted molar refractivity (Wildman–Crippen MR) is 102 cm³/mol. The second kappa shape index (κ2) is 12.5. The van der Waals surface area contributed by atoms with Gasteiger partial charge in [0.25, 0.3) is 0 Å². The van der Waals surface area contributed by atoms with Crippen LogP contribution in [0.25, 0.3) is 0 Å². The zero-order chi connectivity index (χ0) is 16.9. The maximum atomic E-state index is 5.63. The van der Waals surface area contributed by atoms with E-state index in [0.717, 1.165) is 19.1 Å². The van der Waals surface area contributed by atoms with Crippen molar-refractivity contribution in [1.82, 2.24) is 10.2 Å². The molecule has 0 saturated carbocycles. The first-order chi connectivity index (χ1) is 11.2. The molecule has 0 aliphatic carbocycles. The molecule has 1 aromatic carbocycles. The molecule has 0 fully saturated rings. The van der Waals surface area contributed by atoms with E-state index in [-0.39, 0.29) is 0 Å². The summed E-state index contributed by atoms with van der Waals surface area (Å²) in [6.07, 6.45) is 6.33. The number of nitrogens with zero attached hydrogens (tertiary/aromatic N) is 1. The number of rotatable bonds is 13. The Bertz CT molecular complexity index is 382. The minimum absolute atomic E-state index is 0.623. The van der Waals surface area contributed by atoms with Gasteiger partial charge in [0.1, 0.15) is 0 Å². The lowest BCUT2D eigenvalue weighted by atomic mass is 10.1. The fourth-order valence-electron chi connectivity index (χ4n) is 3.18. The molecule has 3 N–H and O–H groups in total. The van der Waals surface area contributed by atoms with Crippen LogP contribution in [0.5, 0.6) is 0 Å². The molecule has 1 unspecified atom stereocenters. The van der Waals surface area contributed by atoms with Crippen molar-refractivity contribution >= 4 is 0 Å². The van der Waals surface area contributed by atoms with Crippen molar-refractivity contribution in [3.63, 3.8) is 0 Å². The van der Waals surface area contributed by atoms with Crippen LogP contribution >= 0.6 is 0 Å². The fourth-order valence-corrected chi connectivity index (χ4v) is 3.18. The average molecular weight is 320 g/mol. The zero-order valence-corrected chi connectivity index (χ0v) is 15.5. The van der Waals surface area contributed by atoms with Crippen molar-refractivity contribution in [2.75, 3.05) is 19.6 Å². The van der Waals surface area contributed by atoms with Crippen LogP contribution in [-0.2, 0) is 13.1 Å². The van der Waals surface area contributed by atoms with Crippen LogP contribution < -0.4 is 11.1 Å². The summed E-state index contributed by atoms with van der Waals surface area (Å²) in [5, 5.41) is 3.57. The van der Waals surface area contributed by atoms with Crippen LogP contribution in [0, 0.1) is 0 Å². The number of nitrogens with two attached hydrogens (primary N) is 1. The molecule has 0 spiro atoms. The molecule has 0 aromatic heterocycles. The van der Waals surface area contributed by atoms with Gasteiger partial charge in [-0.05, 0) is 62.9 Å². The van der Waals surface area contributed by atoms with Gasteiger partial charge in [-0.2, -0.15) is 0 Å². The van der Waals surface area contributed by atoms with Gasteiger partial charge >= 0.3 is 0 Å². The molecule has 1 rings (SSSR count). The molecule has 23 heavy (non-hydrogen) atoms. The Morgan fingerprint density at radius 1 is 1.00 bits per heavy atom. The Balaban J connectivity index is 2.25. The molecule has 0 radical (unpaired) electrons. The molecule has 0 amide bonds. The van der Waals surface area contributed by atoms with Crippen LogP contribution in [0.4, 0.5) is 0 Å². The maximum absolute atomic E-state index is 5.63. The highest BCUT2D eigenvalue weighted by molar-refractivity contribution is 5.22. The topological polar surface area (TPSA) is 41.3 Å². The third-order valence-electron chi connectivity index (χ3n) is 4.49. The molecule has 1 atom stereocenters. The first kappa shape index (κ1) is 20.1. The predicted octanol–water partition coefficient (Wildman–Crippen LogP) is 3.92. The lowest BCUT2D eigenvalue weighted by molar-refractivity contribution is 0.179. The van der Waals surface area contributed by atoms with Crippen molar-refractivity contribution in [3.05, 3.63) is 35.4 Å². The third-order valence-corrected chi connectivity index (χ3v) is 4.49. The van der Waals surface area contributed by atoms with Gasteiger partial charge in [-0.15, -0.1) is 0 Å². The second-order valence-electron chi connectivity index (χ2n) is 6.44. The molecule has 0 bridgehead atoms. The van der Waals surface area contributed by atoms with Crippen molar-refractivity contribution in [2.24, 2.45) is 5.73 Å². The summed E-state index contributed by atoms with van der Waals surface area (Å²) < 4.78 is 0. The summed E-state index contributed by atoms with van der Waals surface area (Å²) in [7, 11) is 0. The standard InChI is InChI=1S/C20H37N3/c1-4-14-23(15-5-2)20(6-3)8-7-13-22-17-19-11-9-18(16-21)10-12-19/h9-12,20,22H,4-8,13-17,21H2,1-3H3. The Kier molecular flexibility index (Phi) is 11.0. The number of hydrogen-bond acceptors (Lipinski definition) is 3. The fraction of sp³-hybridized carbons (Fsp3) is 0.700. The largest absolute Gasteiger partial charge is 0.326 e. The van der Waals surface area contributed by atoms with E-state index in [0.29, 0.717) is 6.54 Å². The van der Waals surface area contributed by atoms with Crippen LogP contribution in [-0.4, -0.2) is 30.6 Å². The van der Waals surface area contributed by atoms with E-state index in [4.69, 9.17) is 5.73 Å². The van der Waals surface area contributed by atoms with Gasteiger partial charge in [-0.25, -0.2) is 0 Å². The summed E-state index contributed by atoms with van der Waals surface area (Å²) >= 11 is 0. The van der Waals surface area contributed by atoms with Gasteiger partial charge in [0, 0.05) is 19.1 Å². The summed E-state index contributed by atoms with van der Waals surface area (Å²) in [5.74, 6) is 0. The van der Waals surface area contributed by atoms with Gasteiger partial charge < -0.3 is 16.0 Å². The smallest absolute Gasteiger partial charge is 0.0205 e. The quantitative estimate of drug-likeness (QED) is 0.542. The molecule has 0 aliphatic rings. The van der Waals surface area contributed by atoms with Gasteiger partial charge in [0.15, 0.2) is 0 Å². The molecular formula is C20H37N3. The van der Waals surface area contributed by atoms with Crippen LogP contribution in [0.1, 0.15) is 64.0 Å². The first-order valence-electron chi connectivity index (χ1n) is 9.47. The molecule has 1 aromatic rings. The van der Waals surface area contributed by atoms with Gasteiger partial charge in [0.2, 0.25) is 0 Å². The lowest BCUT2D eigenvalue weighted by Gasteiger charge is -2.30. The highest BCUT2D eigenvalue weighted by atomic mass is 15.1. The lowest BCUT2D eigenvalue weighted by Crippen LogP contribution is -2.36. The SMILES string of the molecule is CCCN(CCC)C(CC)CCCNCc1ccc(CN)cc1. The normalized spacial score (nSPS) is 12.7. The van der Waals surface area contributed by atoms with Gasteiger partial charge in [0.05, 0.1) is 0 Å². The molecule has 0 heterocycles. The highest BCUT2D eigenvalue weighted by Gasteiger charge is 2.14. The molecular weight excluding hydrogens is 282 g/mol. The van der Waals surface area contributed by atoms with Crippen LogP contribution in [0.2, 0.25) is 0 Å². The molecule has 3 nitrogen and oxygen atoms in total. The Morgan fingerprint density at radius 2 is 1.61 bits per heavy atom. The minimum atomic E-state index is 0.623. The van der Waals surface area contributed by atoms with Crippen molar-refractivity contribution in [1.29, 1.82) is 0 Å².